The summed E-state index contributed by atoms with van der Waals surface area (Å²) in [7, 11) is 0. The highest BCUT2D eigenvalue weighted by atomic mass is 32.1. The third-order valence-corrected chi connectivity index (χ3v) is 3.90. The zero-order valence-corrected chi connectivity index (χ0v) is 14.6. The van der Waals surface area contributed by atoms with Crippen LogP contribution in [0.2, 0.25) is 0 Å². The van der Waals surface area contributed by atoms with Gasteiger partial charge >= 0.3 is 0 Å². The Kier molecular flexibility index (Phi) is 9.27. The molecule has 0 aliphatic carbocycles. The van der Waals surface area contributed by atoms with Crippen LogP contribution in [0.1, 0.15) is 57.7 Å². The Morgan fingerprint density at radius 3 is 2.86 bits per heavy atom. The summed E-state index contributed by atoms with van der Waals surface area (Å²) in [5.41, 5.74) is 0. The number of aliphatic hydroxyl groups excluding tert-OH is 1. The molecule has 1 heterocycles. The van der Waals surface area contributed by atoms with Crippen molar-refractivity contribution in [3.05, 3.63) is 23.3 Å². The van der Waals surface area contributed by atoms with Crippen molar-refractivity contribution in [3.8, 4) is 0 Å². The van der Waals surface area contributed by atoms with Gasteiger partial charge in [0.15, 0.2) is 4.77 Å². The fourth-order valence-electron chi connectivity index (χ4n) is 2.51. The first-order valence-electron chi connectivity index (χ1n) is 8.15. The lowest BCUT2D eigenvalue weighted by atomic mass is 9.94. The van der Waals surface area contributed by atoms with E-state index in [-0.39, 0.29) is 5.92 Å². The number of aliphatic hydroxyl groups is 1. The number of hydrogen-bond acceptors (Lipinski definition) is 4. The second kappa shape index (κ2) is 10.7. The first-order chi connectivity index (χ1) is 10.6. The standard InChI is InChI=1S/C16H29N3O2S/c1-4-7-8-13(11-14(20)12-21-10-6-3)15-17-18-16(22)19(15)9-5-2/h5,13-14,20H,2,4,6-12H2,1,3H3,(H,18,22)/t13-,14+/m0/s1. The minimum absolute atomic E-state index is 0.174. The van der Waals surface area contributed by atoms with Gasteiger partial charge < -0.3 is 14.4 Å². The number of allylic oxidation sites excluding steroid dienone is 1. The number of ether oxygens (including phenoxy) is 1. The van der Waals surface area contributed by atoms with Gasteiger partial charge in [0.1, 0.15) is 5.82 Å². The second-order valence-corrected chi connectivity index (χ2v) is 5.98. The van der Waals surface area contributed by atoms with Crippen molar-refractivity contribution < 1.29 is 9.84 Å². The van der Waals surface area contributed by atoms with Gasteiger partial charge in [-0.1, -0.05) is 32.8 Å². The summed E-state index contributed by atoms with van der Waals surface area (Å²) in [5.74, 6) is 1.08. The number of aromatic nitrogens is 3. The fourth-order valence-corrected chi connectivity index (χ4v) is 2.72. The quantitative estimate of drug-likeness (QED) is 0.350. The molecule has 22 heavy (non-hydrogen) atoms. The molecule has 5 nitrogen and oxygen atoms in total. The number of unbranched alkanes of at least 4 members (excludes halogenated alkanes) is 1. The van der Waals surface area contributed by atoms with Crippen molar-refractivity contribution in [2.75, 3.05) is 13.2 Å². The molecule has 0 aliphatic rings. The number of rotatable bonds is 12. The Labute approximate surface area is 138 Å². The topological polar surface area (TPSA) is 63.1 Å². The molecule has 0 unspecified atom stereocenters. The molecule has 1 aromatic heterocycles. The van der Waals surface area contributed by atoms with E-state index in [9.17, 15) is 5.11 Å². The molecule has 0 spiro atoms. The van der Waals surface area contributed by atoms with Crippen LogP contribution in [-0.4, -0.2) is 39.2 Å². The molecule has 0 fully saturated rings. The minimum Gasteiger partial charge on any atom is -0.391 e. The molecule has 1 rings (SSSR count). The molecule has 1 aromatic rings. The fraction of sp³-hybridized carbons (Fsp3) is 0.750. The van der Waals surface area contributed by atoms with E-state index in [1.807, 2.05) is 10.6 Å². The predicted octanol–water partition coefficient (Wildman–Crippen LogP) is 3.58. The third kappa shape index (κ3) is 6.02. The molecule has 0 aliphatic heterocycles. The van der Waals surface area contributed by atoms with Crippen molar-refractivity contribution in [1.29, 1.82) is 0 Å². The van der Waals surface area contributed by atoms with Gasteiger partial charge in [0.25, 0.3) is 0 Å². The molecule has 0 bridgehead atoms. The Morgan fingerprint density at radius 1 is 1.45 bits per heavy atom. The van der Waals surface area contributed by atoms with Crippen molar-refractivity contribution in [2.45, 2.75) is 64.5 Å². The van der Waals surface area contributed by atoms with Gasteiger partial charge in [-0.05, 0) is 31.5 Å². The van der Waals surface area contributed by atoms with Gasteiger partial charge in [-0.3, -0.25) is 5.10 Å². The van der Waals surface area contributed by atoms with Crippen LogP contribution in [-0.2, 0) is 11.3 Å². The van der Waals surface area contributed by atoms with Crippen LogP contribution in [0.15, 0.2) is 12.7 Å². The maximum absolute atomic E-state index is 10.2. The lowest BCUT2D eigenvalue weighted by molar-refractivity contribution is 0.0280. The van der Waals surface area contributed by atoms with Crippen LogP contribution >= 0.6 is 12.2 Å². The smallest absolute Gasteiger partial charge is 0.195 e. The summed E-state index contributed by atoms with van der Waals surface area (Å²) in [5, 5.41) is 17.5. The minimum atomic E-state index is -0.476. The van der Waals surface area contributed by atoms with Crippen molar-refractivity contribution in [3.63, 3.8) is 0 Å². The van der Waals surface area contributed by atoms with Crippen LogP contribution in [0.4, 0.5) is 0 Å². The lowest BCUT2D eigenvalue weighted by Gasteiger charge is -2.20. The van der Waals surface area contributed by atoms with Crippen LogP contribution in [0.25, 0.3) is 0 Å². The van der Waals surface area contributed by atoms with E-state index in [1.165, 1.54) is 0 Å². The SMILES string of the molecule is C=CCn1c([C@@H](CCCC)C[C@@H](O)COCCC)n[nH]c1=S. The van der Waals surface area contributed by atoms with Crippen molar-refractivity contribution >= 4 is 12.2 Å². The summed E-state index contributed by atoms with van der Waals surface area (Å²) < 4.78 is 8.01. The highest BCUT2D eigenvalue weighted by molar-refractivity contribution is 7.71. The summed E-state index contributed by atoms with van der Waals surface area (Å²) in [6.07, 6.45) is 6.14. The Bertz CT molecular complexity index is 484. The van der Waals surface area contributed by atoms with E-state index in [1.54, 1.807) is 0 Å². The summed E-state index contributed by atoms with van der Waals surface area (Å²) >= 11 is 5.28. The second-order valence-electron chi connectivity index (χ2n) is 5.59. The lowest BCUT2D eigenvalue weighted by Crippen LogP contribution is -2.21. The van der Waals surface area contributed by atoms with Gasteiger partial charge in [0, 0.05) is 19.1 Å². The number of nitrogens with one attached hydrogen (secondary N) is 1. The monoisotopic (exact) mass is 327 g/mol. The normalized spacial score (nSPS) is 14.0. The summed E-state index contributed by atoms with van der Waals surface area (Å²) in [6.45, 7) is 9.70. The Morgan fingerprint density at radius 2 is 2.23 bits per heavy atom. The molecular formula is C16H29N3O2S. The molecule has 0 radical (unpaired) electrons. The third-order valence-electron chi connectivity index (χ3n) is 3.59. The van der Waals surface area contributed by atoms with Crippen molar-refractivity contribution in [2.24, 2.45) is 0 Å². The molecule has 2 N–H and O–H groups in total. The van der Waals surface area contributed by atoms with Gasteiger partial charge in [-0.15, -0.1) is 6.58 Å². The number of H-pyrrole nitrogens is 1. The maximum atomic E-state index is 10.2. The number of aromatic amines is 1. The van der Waals surface area contributed by atoms with E-state index in [4.69, 9.17) is 17.0 Å². The Balaban J connectivity index is 2.79. The first kappa shape index (κ1) is 19.1. The zero-order valence-electron chi connectivity index (χ0n) is 13.8. The van der Waals surface area contributed by atoms with E-state index < -0.39 is 6.10 Å². The first-order valence-corrected chi connectivity index (χ1v) is 8.56. The zero-order chi connectivity index (χ0) is 16.4. The van der Waals surface area contributed by atoms with Crippen LogP contribution in [0.3, 0.4) is 0 Å². The number of hydrogen-bond donors (Lipinski definition) is 2. The highest BCUT2D eigenvalue weighted by Gasteiger charge is 2.21. The van der Waals surface area contributed by atoms with Crippen LogP contribution < -0.4 is 0 Å². The molecule has 0 saturated heterocycles. The summed E-state index contributed by atoms with van der Waals surface area (Å²) in [4.78, 5) is 0. The van der Waals surface area contributed by atoms with E-state index >= 15 is 0 Å². The molecule has 126 valence electrons. The van der Waals surface area contributed by atoms with Gasteiger partial charge in [-0.2, -0.15) is 5.10 Å². The van der Waals surface area contributed by atoms with Gasteiger partial charge in [-0.25, -0.2) is 0 Å². The number of nitrogens with zero attached hydrogens (tertiary/aromatic N) is 2. The molecule has 0 saturated carbocycles. The van der Waals surface area contributed by atoms with Gasteiger partial charge in [0.2, 0.25) is 0 Å². The largest absolute Gasteiger partial charge is 0.391 e. The van der Waals surface area contributed by atoms with Crippen LogP contribution in [0, 0.1) is 4.77 Å². The average molecular weight is 327 g/mol. The van der Waals surface area contributed by atoms with E-state index in [2.05, 4.69) is 30.6 Å². The average Bonchev–Trinajstić information content (AvgIpc) is 2.85. The maximum Gasteiger partial charge on any atom is 0.195 e. The molecule has 6 heteroatoms. The van der Waals surface area contributed by atoms with Crippen LogP contribution in [0.5, 0.6) is 0 Å². The molecule has 0 amide bonds. The molecule has 2 atom stereocenters. The van der Waals surface area contributed by atoms with Crippen molar-refractivity contribution in [1.82, 2.24) is 14.8 Å². The molecular weight excluding hydrogens is 298 g/mol. The predicted molar refractivity (Wildman–Crippen MR) is 91.6 cm³/mol. The van der Waals surface area contributed by atoms with E-state index in [0.717, 1.165) is 31.5 Å². The van der Waals surface area contributed by atoms with Gasteiger partial charge in [0.05, 0.1) is 12.7 Å². The highest BCUT2D eigenvalue weighted by Crippen LogP contribution is 2.26. The Hall–Kier alpha value is -0.980. The van der Waals surface area contributed by atoms with E-state index in [0.29, 0.717) is 31.0 Å². The summed E-state index contributed by atoms with van der Waals surface area (Å²) in [6, 6.07) is 0. The molecule has 0 aromatic carbocycles.